The summed E-state index contributed by atoms with van der Waals surface area (Å²) in [4.78, 5) is 11.1. The van der Waals surface area contributed by atoms with Crippen LogP contribution in [-0.4, -0.2) is 35.5 Å². The lowest BCUT2D eigenvalue weighted by molar-refractivity contribution is -0.140. The fourth-order valence-electron chi connectivity index (χ4n) is 4.91. The van der Waals surface area contributed by atoms with Gasteiger partial charge in [-0.25, -0.2) is 0 Å². The van der Waals surface area contributed by atoms with Crippen molar-refractivity contribution in [2.24, 2.45) is 23.7 Å². The number of fused-ring (bicyclic) bond motifs is 1. The second kappa shape index (κ2) is 9.01. The van der Waals surface area contributed by atoms with Crippen LogP contribution in [0.25, 0.3) is 0 Å². The fourth-order valence-corrected chi connectivity index (χ4v) is 4.91. The Hall–Kier alpha value is -1.39. The van der Waals surface area contributed by atoms with Crippen LogP contribution in [0.2, 0.25) is 0 Å². The zero-order valence-electron chi connectivity index (χ0n) is 15.7. The highest BCUT2D eigenvalue weighted by Crippen LogP contribution is 2.47. The summed E-state index contributed by atoms with van der Waals surface area (Å²) in [7, 11) is 1.41. The Morgan fingerprint density at radius 2 is 2.15 bits per heavy atom. The van der Waals surface area contributed by atoms with Gasteiger partial charge in [-0.3, -0.25) is 4.79 Å². The lowest BCUT2D eigenvalue weighted by Crippen LogP contribution is -2.19. The lowest BCUT2D eigenvalue weighted by atomic mass is 9.88. The molecule has 2 fully saturated rings. The first-order valence-corrected chi connectivity index (χ1v) is 10.1. The number of ether oxygens (including phenoxy) is 1. The average molecular weight is 360 g/mol. The molecule has 2 N–H and O–H groups in total. The molecule has 4 nitrogen and oxygen atoms in total. The van der Waals surface area contributed by atoms with Gasteiger partial charge in [-0.1, -0.05) is 48.8 Å². The normalized spacial score (nSPS) is 33.1. The Morgan fingerprint density at radius 3 is 2.88 bits per heavy atom. The molecule has 0 aromatic carbocycles. The molecule has 0 aromatic heterocycles. The van der Waals surface area contributed by atoms with E-state index in [9.17, 15) is 15.0 Å². The van der Waals surface area contributed by atoms with Crippen LogP contribution in [0, 0.1) is 23.7 Å². The molecule has 2 saturated carbocycles. The summed E-state index contributed by atoms with van der Waals surface area (Å²) in [6.45, 7) is 0. The van der Waals surface area contributed by atoms with Crippen molar-refractivity contribution < 1.29 is 19.7 Å². The third-order valence-electron chi connectivity index (χ3n) is 6.39. The maximum atomic E-state index is 11.1. The topological polar surface area (TPSA) is 66.8 Å². The molecule has 4 heteroatoms. The third-order valence-corrected chi connectivity index (χ3v) is 6.39. The Kier molecular flexibility index (Phi) is 6.71. The van der Waals surface area contributed by atoms with Crippen molar-refractivity contribution in [1.29, 1.82) is 0 Å². The minimum atomic E-state index is -0.365. The zero-order chi connectivity index (χ0) is 18.5. The Bertz CT molecular complexity index is 571. The molecule has 5 atom stereocenters. The Labute approximate surface area is 156 Å². The molecule has 0 aromatic rings. The number of methoxy groups -OCH3 is 1. The number of aliphatic hydroxyl groups excluding tert-OH is 2. The van der Waals surface area contributed by atoms with Crippen molar-refractivity contribution in [3.63, 3.8) is 0 Å². The fraction of sp³-hybridized carbons (Fsp3) is 0.682. The molecule has 0 radical (unpaired) electrons. The summed E-state index contributed by atoms with van der Waals surface area (Å²) < 4.78 is 4.65. The summed E-state index contributed by atoms with van der Waals surface area (Å²) >= 11 is 0. The van der Waals surface area contributed by atoms with E-state index in [0.717, 1.165) is 25.7 Å². The third kappa shape index (κ3) is 4.66. The maximum absolute atomic E-state index is 11.1. The predicted molar refractivity (Wildman–Crippen MR) is 101 cm³/mol. The second-order valence-electron chi connectivity index (χ2n) is 8.09. The number of carbonyl (C=O) groups is 1. The van der Waals surface area contributed by atoms with E-state index < -0.39 is 0 Å². The highest BCUT2D eigenvalue weighted by molar-refractivity contribution is 5.69. The molecule has 0 aliphatic heterocycles. The summed E-state index contributed by atoms with van der Waals surface area (Å²) in [5.74, 6) is 1.20. The van der Waals surface area contributed by atoms with Gasteiger partial charge in [-0.15, -0.1) is 0 Å². The van der Waals surface area contributed by atoms with Crippen molar-refractivity contribution >= 4 is 5.97 Å². The van der Waals surface area contributed by atoms with Crippen LogP contribution in [0.4, 0.5) is 0 Å². The van der Waals surface area contributed by atoms with Crippen LogP contribution < -0.4 is 0 Å². The maximum Gasteiger partial charge on any atom is 0.305 e. The molecular formula is C22H32O4. The van der Waals surface area contributed by atoms with Crippen molar-refractivity contribution in [2.45, 2.75) is 63.6 Å². The Morgan fingerprint density at radius 1 is 1.38 bits per heavy atom. The van der Waals surface area contributed by atoms with Gasteiger partial charge in [0.15, 0.2) is 0 Å². The van der Waals surface area contributed by atoms with E-state index in [1.54, 1.807) is 0 Å². The van der Waals surface area contributed by atoms with Crippen LogP contribution in [0.15, 0.2) is 36.0 Å². The Balaban J connectivity index is 1.52. The minimum Gasteiger partial charge on any atom is -0.469 e. The molecular weight excluding hydrogens is 328 g/mol. The summed E-state index contributed by atoms with van der Waals surface area (Å²) in [6.07, 6.45) is 17.3. The molecule has 3 aliphatic carbocycles. The summed E-state index contributed by atoms with van der Waals surface area (Å²) in [6, 6.07) is 0. The van der Waals surface area contributed by atoms with Crippen molar-refractivity contribution in [1.82, 2.24) is 0 Å². The van der Waals surface area contributed by atoms with Gasteiger partial charge < -0.3 is 14.9 Å². The number of esters is 1. The van der Waals surface area contributed by atoms with Crippen LogP contribution in [0.1, 0.15) is 51.4 Å². The molecule has 0 saturated heterocycles. The van der Waals surface area contributed by atoms with Gasteiger partial charge in [0.1, 0.15) is 0 Å². The monoisotopic (exact) mass is 360 g/mol. The SMILES string of the molecule is COC(=O)CCC=CC1=C[C@H]2C[C@@H](O)[C@@H](/C=C\[C@H](O)C3CCCC3)[C@H]2C1. The first-order chi connectivity index (χ1) is 12.6. The molecule has 0 unspecified atom stereocenters. The largest absolute Gasteiger partial charge is 0.469 e. The van der Waals surface area contributed by atoms with Crippen LogP contribution >= 0.6 is 0 Å². The second-order valence-corrected chi connectivity index (χ2v) is 8.09. The van der Waals surface area contributed by atoms with E-state index in [0.29, 0.717) is 30.6 Å². The van der Waals surface area contributed by atoms with E-state index in [1.165, 1.54) is 25.5 Å². The number of allylic oxidation sites excluding steroid dienone is 4. The van der Waals surface area contributed by atoms with E-state index in [4.69, 9.17) is 0 Å². The molecule has 0 bridgehead atoms. The number of carbonyl (C=O) groups excluding carboxylic acids is 1. The van der Waals surface area contributed by atoms with Gasteiger partial charge in [0, 0.05) is 12.3 Å². The van der Waals surface area contributed by atoms with Crippen LogP contribution in [0.5, 0.6) is 0 Å². The summed E-state index contributed by atoms with van der Waals surface area (Å²) in [5, 5.41) is 20.8. The molecule has 144 valence electrons. The van der Waals surface area contributed by atoms with Crippen molar-refractivity contribution in [3.05, 3.63) is 36.0 Å². The molecule has 26 heavy (non-hydrogen) atoms. The van der Waals surface area contributed by atoms with Crippen LogP contribution in [-0.2, 0) is 9.53 Å². The quantitative estimate of drug-likeness (QED) is 0.538. The standard InChI is InChI=1S/C22H32O4/c1-26-22(25)9-5-2-6-15-12-17-14-21(24)18(19(17)13-15)10-11-20(23)16-7-3-4-8-16/h2,6,10-12,16-21,23-24H,3-5,7-9,13-14H2,1H3/b6-2?,11-10-/t17-,18-,19-,20-,21+/m0/s1. The molecule has 0 amide bonds. The van der Waals surface area contributed by atoms with Gasteiger partial charge in [-0.2, -0.15) is 0 Å². The van der Waals surface area contributed by atoms with E-state index in [-0.39, 0.29) is 24.1 Å². The van der Waals surface area contributed by atoms with Crippen LogP contribution in [0.3, 0.4) is 0 Å². The van der Waals surface area contributed by atoms with Gasteiger partial charge in [0.25, 0.3) is 0 Å². The van der Waals surface area contributed by atoms with E-state index in [1.807, 2.05) is 12.2 Å². The van der Waals surface area contributed by atoms with Gasteiger partial charge in [0.05, 0.1) is 19.3 Å². The smallest absolute Gasteiger partial charge is 0.305 e. The minimum absolute atomic E-state index is 0.133. The average Bonchev–Trinajstić information content (AvgIpc) is 3.33. The highest BCUT2D eigenvalue weighted by atomic mass is 16.5. The van der Waals surface area contributed by atoms with E-state index in [2.05, 4.69) is 23.0 Å². The number of rotatable bonds is 7. The molecule has 0 heterocycles. The first kappa shape index (κ1) is 19.4. The lowest BCUT2D eigenvalue weighted by Gasteiger charge is -2.19. The predicted octanol–water partition coefficient (Wildman–Crippen LogP) is 3.55. The van der Waals surface area contributed by atoms with E-state index >= 15 is 0 Å². The van der Waals surface area contributed by atoms with Gasteiger partial charge in [0.2, 0.25) is 0 Å². The van der Waals surface area contributed by atoms with Gasteiger partial charge in [-0.05, 0) is 49.9 Å². The number of aliphatic hydroxyl groups is 2. The first-order valence-electron chi connectivity index (χ1n) is 10.1. The van der Waals surface area contributed by atoms with Crippen molar-refractivity contribution in [3.8, 4) is 0 Å². The highest BCUT2D eigenvalue weighted by Gasteiger charge is 2.43. The number of hydrogen-bond acceptors (Lipinski definition) is 4. The molecule has 0 spiro atoms. The molecule has 3 rings (SSSR count). The van der Waals surface area contributed by atoms with Gasteiger partial charge >= 0.3 is 5.97 Å². The summed E-state index contributed by atoms with van der Waals surface area (Å²) in [5.41, 5.74) is 1.30. The zero-order valence-corrected chi connectivity index (χ0v) is 15.7. The van der Waals surface area contributed by atoms with Crippen molar-refractivity contribution in [2.75, 3.05) is 7.11 Å². The number of hydrogen-bond donors (Lipinski definition) is 2. The molecule has 3 aliphatic rings.